The molecule has 27 heavy (non-hydrogen) atoms. The second-order valence-corrected chi connectivity index (χ2v) is 8.19. The maximum atomic E-state index is 12.2. The number of rotatable bonds is 8. The number of aliphatic hydroxyl groups excluding tert-OH is 1. The van der Waals surface area contributed by atoms with Gasteiger partial charge in [0.15, 0.2) is 0 Å². The van der Waals surface area contributed by atoms with Gasteiger partial charge in [-0.1, -0.05) is 48.5 Å². The molecule has 1 unspecified atom stereocenters. The fourth-order valence-electron chi connectivity index (χ4n) is 2.59. The zero-order valence-electron chi connectivity index (χ0n) is 15.1. The largest absolute Gasteiger partial charge is 0.388 e. The molecule has 0 saturated heterocycles. The Labute approximate surface area is 167 Å². The van der Waals surface area contributed by atoms with Crippen molar-refractivity contribution in [3.05, 3.63) is 81.8 Å². The van der Waals surface area contributed by atoms with E-state index in [2.05, 4.69) is 10.3 Å². The molecule has 0 bridgehead atoms. The monoisotopic (exact) mass is 398 g/mol. The molecule has 3 rings (SSSR count). The number of nitrogens with one attached hydrogen (secondary N) is 1. The fraction of sp³-hybridized carbons (Fsp3) is 0.238. The number of aryl methyl sites for hydroxylation is 1. The molecule has 1 amide bonds. The van der Waals surface area contributed by atoms with E-state index >= 15 is 0 Å². The minimum absolute atomic E-state index is 0.0580. The molecule has 0 radical (unpaired) electrons. The lowest BCUT2D eigenvalue weighted by molar-refractivity contribution is -0.115. The Bertz CT molecular complexity index is 881. The highest BCUT2D eigenvalue weighted by molar-refractivity contribution is 7.98. The predicted molar refractivity (Wildman–Crippen MR) is 113 cm³/mol. The zero-order chi connectivity index (χ0) is 19.1. The molecule has 1 atom stereocenters. The third-order valence-electron chi connectivity index (χ3n) is 4.04. The summed E-state index contributed by atoms with van der Waals surface area (Å²) in [7, 11) is 0. The van der Waals surface area contributed by atoms with E-state index in [-0.39, 0.29) is 12.3 Å². The number of benzene rings is 2. The number of hydrogen-bond acceptors (Lipinski definition) is 5. The van der Waals surface area contributed by atoms with Gasteiger partial charge in [0.2, 0.25) is 5.91 Å². The Kier molecular flexibility index (Phi) is 7.04. The highest BCUT2D eigenvalue weighted by atomic mass is 32.2. The van der Waals surface area contributed by atoms with Crippen LogP contribution in [0.4, 0.5) is 5.69 Å². The quantitative estimate of drug-likeness (QED) is 0.582. The van der Waals surface area contributed by atoms with Crippen molar-refractivity contribution in [2.24, 2.45) is 0 Å². The Morgan fingerprint density at radius 2 is 1.93 bits per heavy atom. The number of hydrogen-bond donors (Lipinski definition) is 2. The molecule has 0 fully saturated rings. The van der Waals surface area contributed by atoms with Crippen LogP contribution in [0.15, 0.2) is 60.0 Å². The molecule has 0 aliphatic heterocycles. The van der Waals surface area contributed by atoms with Crippen molar-refractivity contribution >= 4 is 34.7 Å². The van der Waals surface area contributed by atoms with Crippen LogP contribution in [0.1, 0.15) is 27.9 Å². The molecule has 6 heteroatoms. The minimum Gasteiger partial charge on any atom is -0.388 e. The first-order valence-electron chi connectivity index (χ1n) is 8.71. The number of nitrogens with zero attached hydrogens (tertiary/aromatic N) is 1. The average molecular weight is 399 g/mol. The van der Waals surface area contributed by atoms with Crippen LogP contribution < -0.4 is 5.32 Å². The molecule has 3 aromatic rings. The van der Waals surface area contributed by atoms with Crippen molar-refractivity contribution < 1.29 is 9.90 Å². The number of thioether (sulfide) groups is 1. The summed E-state index contributed by atoms with van der Waals surface area (Å²) in [6, 6.07) is 17.4. The Hall–Kier alpha value is -2.15. The van der Waals surface area contributed by atoms with Crippen LogP contribution in [0.2, 0.25) is 0 Å². The summed E-state index contributed by atoms with van der Waals surface area (Å²) in [5.41, 5.74) is 3.75. The van der Waals surface area contributed by atoms with Gasteiger partial charge < -0.3 is 10.4 Å². The Morgan fingerprint density at radius 1 is 1.19 bits per heavy atom. The van der Waals surface area contributed by atoms with E-state index in [1.807, 2.05) is 66.9 Å². The van der Waals surface area contributed by atoms with E-state index in [9.17, 15) is 9.90 Å². The lowest BCUT2D eigenvalue weighted by atomic mass is 10.1. The molecule has 0 spiro atoms. The van der Waals surface area contributed by atoms with Crippen LogP contribution in [0.3, 0.4) is 0 Å². The van der Waals surface area contributed by atoms with Gasteiger partial charge >= 0.3 is 0 Å². The number of para-hydroxylation sites is 1. The molecule has 1 heterocycles. The highest BCUT2D eigenvalue weighted by Gasteiger charge is 2.11. The molecule has 4 nitrogen and oxygen atoms in total. The van der Waals surface area contributed by atoms with Gasteiger partial charge in [-0.15, -0.1) is 11.3 Å². The van der Waals surface area contributed by atoms with Crippen molar-refractivity contribution in [1.82, 2.24) is 4.98 Å². The van der Waals surface area contributed by atoms with Crippen molar-refractivity contribution in [3.8, 4) is 0 Å². The number of aliphatic hydroxyl groups is 1. The number of amides is 1. The van der Waals surface area contributed by atoms with Gasteiger partial charge in [0.05, 0.1) is 18.2 Å². The van der Waals surface area contributed by atoms with Crippen LogP contribution in [0.5, 0.6) is 0 Å². The van der Waals surface area contributed by atoms with E-state index < -0.39 is 6.10 Å². The number of thiazole rings is 1. The van der Waals surface area contributed by atoms with Gasteiger partial charge in [-0.25, -0.2) is 4.98 Å². The molecule has 1 aromatic heterocycles. The molecule has 0 aliphatic carbocycles. The van der Waals surface area contributed by atoms with E-state index in [0.717, 1.165) is 33.3 Å². The minimum atomic E-state index is -0.478. The van der Waals surface area contributed by atoms with Crippen molar-refractivity contribution in [3.63, 3.8) is 0 Å². The summed E-state index contributed by atoms with van der Waals surface area (Å²) in [6.45, 7) is 1.97. The van der Waals surface area contributed by atoms with Crippen LogP contribution in [0.25, 0.3) is 0 Å². The summed E-state index contributed by atoms with van der Waals surface area (Å²) in [4.78, 5) is 16.8. The molecular weight excluding hydrogens is 376 g/mol. The standard InChI is InChI=1S/C21H22N2O2S2/c1-15-7-5-6-10-18(15)23-20(25)11-21-22-17(13-27-21)12-26-14-19(24)16-8-3-2-4-9-16/h2-10,13,19,24H,11-12,14H2,1H3,(H,23,25). The van der Waals surface area contributed by atoms with Crippen LogP contribution >= 0.6 is 23.1 Å². The summed E-state index contributed by atoms with van der Waals surface area (Å²) >= 11 is 3.14. The highest BCUT2D eigenvalue weighted by Crippen LogP contribution is 2.22. The van der Waals surface area contributed by atoms with E-state index in [1.54, 1.807) is 11.8 Å². The summed E-state index contributed by atoms with van der Waals surface area (Å²) in [6.07, 6.45) is -0.203. The lowest BCUT2D eigenvalue weighted by Gasteiger charge is -2.09. The maximum absolute atomic E-state index is 12.2. The van der Waals surface area contributed by atoms with Gasteiger partial charge in [-0.05, 0) is 24.1 Å². The number of carbonyl (C=O) groups excluding carboxylic acids is 1. The SMILES string of the molecule is Cc1ccccc1NC(=O)Cc1nc(CSCC(O)c2ccccc2)cs1. The van der Waals surface area contributed by atoms with E-state index in [4.69, 9.17) is 0 Å². The van der Waals surface area contributed by atoms with Crippen LogP contribution in [0, 0.1) is 6.92 Å². The Balaban J connectivity index is 1.45. The fourth-order valence-corrected chi connectivity index (χ4v) is 4.38. The maximum Gasteiger partial charge on any atom is 0.231 e. The van der Waals surface area contributed by atoms with Gasteiger partial charge in [-0.2, -0.15) is 11.8 Å². The first-order chi connectivity index (χ1) is 13.1. The lowest BCUT2D eigenvalue weighted by Crippen LogP contribution is -2.15. The molecule has 0 saturated carbocycles. The second-order valence-electron chi connectivity index (χ2n) is 6.21. The van der Waals surface area contributed by atoms with Crippen molar-refractivity contribution in [1.29, 1.82) is 0 Å². The zero-order valence-corrected chi connectivity index (χ0v) is 16.7. The summed E-state index contributed by atoms with van der Waals surface area (Å²) in [5, 5.41) is 15.9. The van der Waals surface area contributed by atoms with Crippen molar-refractivity contribution in [2.75, 3.05) is 11.1 Å². The Morgan fingerprint density at radius 3 is 2.70 bits per heavy atom. The van der Waals surface area contributed by atoms with Gasteiger partial charge in [0.1, 0.15) is 5.01 Å². The number of carbonyl (C=O) groups is 1. The van der Waals surface area contributed by atoms with E-state index in [1.165, 1.54) is 11.3 Å². The van der Waals surface area contributed by atoms with Gasteiger partial charge in [0.25, 0.3) is 0 Å². The summed E-state index contributed by atoms with van der Waals surface area (Å²) < 4.78 is 0. The average Bonchev–Trinajstić information content (AvgIpc) is 3.11. The predicted octanol–water partition coefficient (Wildman–Crippen LogP) is 4.60. The van der Waals surface area contributed by atoms with Crippen LogP contribution in [-0.4, -0.2) is 21.8 Å². The first kappa shape index (κ1) is 19.6. The second kappa shape index (κ2) is 9.69. The summed E-state index contributed by atoms with van der Waals surface area (Å²) in [5.74, 6) is 1.28. The molecular formula is C21H22N2O2S2. The molecule has 0 aliphatic rings. The van der Waals surface area contributed by atoms with E-state index in [0.29, 0.717) is 5.75 Å². The van der Waals surface area contributed by atoms with Gasteiger partial charge in [0, 0.05) is 22.6 Å². The smallest absolute Gasteiger partial charge is 0.231 e. The topological polar surface area (TPSA) is 62.2 Å². The van der Waals surface area contributed by atoms with Gasteiger partial charge in [-0.3, -0.25) is 4.79 Å². The number of anilines is 1. The third-order valence-corrected chi connectivity index (χ3v) is 5.99. The van der Waals surface area contributed by atoms with Crippen LogP contribution in [-0.2, 0) is 17.0 Å². The third kappa shape index (κ3) is 5.92. The molecule has 140 valence electrons. The van der Waals surface area contributed by atoms with Crippen molar-refractivity contribution in [2.45, 2.75) is 25.2 Å². The molecule has 2 N–H and O–H groups in total. The molecule has 2 aromatic carbocycles. The first-order valence-corrected chi connectivity index (χ1v) is 10.7. The normalized spacial score (nSPS) is 11.9. The number of aromatic nitrogens is 1.